The van der Waals surface area contributed by atoms with Crippen molar-refractivity contribution in [3.63, 3.8) is 0 Å². The number of nitrogens with two attached hydrogens (primary N) is 1. The molecule has 2 rings (SSSR count). The summed E-state index contributed by atoms with van der Waals surface area (Å²) >= 11 is 12.0. The van der Waals surface area contributed by atoms with Crippen LogP contribution < -0.4 is 21.4 Å². The van der Waals surface area contributed by atoms with Crippen LogP contribution in [0.15, 0.2) is 23.3 Å². The Kier molecular flexibility index (Phi) is 9.70. The summed E-state index contributed by atoms with van der Waals surface area (Å²) in [5, 5.41) is 13.0. The van der Waals surface area contributed by atoms with Crippen molar-refractivity contribution in [2.75, 3.05) is 24.6 Å². The Hall–Kier alpha value is -1.83. The van der Waals surface area contributed by atoms with Gasteiger partial charge in [-0.25, -0.2) is 0 Å². The summed E-state index contributed by atoms with van der Waals surface area (Å²) in [6.07, 6.45) is 4.16. The number of benzene rings is 1. The number of nitrogens with zero attached hydrogens (tertiary/aromatic N) is 2. The Bertz CT molecular complexity index is 742. The van der Waals surface area contributed by atoms with Crippen LogP contribution in [-0.4, -0.2) is 37.3 Å². The Labute approximate surface area is 182 Å². The number of halogens is 2. The first kappa shape index (κ1) is 23.4. The van der Waals surface area contributed by atoms with Crippen LogP contribution >= 0.6 is 23.2 Å². The normalized spacial score (nSPS) is 15.9. The first-order chi connectivity index (χ1) is 13.9. The maximum atomic E-state index is 12.2. The zero-order valence-corrected chi connectivity index (χ0v) is 18.2. The van der Waals surface area contributed by atoms with E-state index in [1.54, 1.807) is 17.1 Å². The van der Waals surface area contributed by atoms with E-state index in [1.165, 1.54) is 0 Å². The molecule has 0 saturated carbocycles. The van der Waals surface area contributed by atoms with Gasteiger partial charge >= 0.3 is 0 Å². The molecule has 1 aliphatic rings. The minimum atomic E-state index is -0.108. The van der Waals surface area contributed by atoms with Crippen LogP contribution in [0.5, 0.6) is 0 Å². The third-order valence-corrected chi connectivity index (χ3v) is 5.36. The lowest BCUT2D eigenvalue weighted by atomic mass is 10.1. The summed E-state index contributed by atoms with van der Waals surface area (Å²) in [5.74, 6) is 0.629. The molecule has 160 valence electrons. The number of unbranched alkanes of at least 4 members (excludes halogenated alkanes) is 2. The molecule has 1 heterocycles. The lowest BCUT2D eigenvalue weighted by Crippen LogP contribution is -2.34. The van der Waals surface area contributed by atoms with Crippen LogP contribution in [0.4, 0.5) is 5.69 Å². The van der Waals surface area contributed by atoms with Crippen LogP contribution in [0.2, 0.25) is 10.0 Å². The van der Waals surface area contributed by atoms with Crippen LogP contribution in [0.1, 0.15) is 45.4 Å². The van der Waals surface area contributed by atoms with Gasteiger partial charge in [-0.1, -0.05) is 36.5 Å². The van der Waals surface area contributed by atoms with Crippen molar-refractivity contribution >= 4 is 46.5 Å². The number of hydrogen-bond donors (Lipinski definition) is 3. The Morgan fingerprint density at radius 3 is 2.62 bits per heavy atom. The number of carbonyl (C=O) groups excluding carboxylic acids is 2. The van der Waals surface area contributed by atoms with Crippen molar-refractivity contribution in [3.05, 3.63) is 28.2 Å². The van der Waals surface area contributed by atoms with Gasteiger partial charge in [0, 0.05) is 25.3 Å². The second-order valence-corrected chi connectivity index (χ2v) is 7.98. The monoisotopic (exact) mass is 441 g/mol. The predicted molar refractivity (Wildman–Crippen MR) is 118 cm³/mol. The molecular formula is C20H29Cl2N5O2. The van der Waals surface area contributed by atoms with Gasteiger partial charge < -0.3 is 16.4 Å². The fourth-order valence-electron chi connectivity index (χ4n) is 2.95. The second kappa shape index (κ2) is 12.0. The van der Waals surface area contributed by atoms with Gasteiger partial charge in [0.1, 0.15) is 5.84 Å². The zero-order valence-electron chi connectivity index (χ0n) is 16.7. The SMILES string of the molecule is CC1CN(c2ccc(Cl)c(Cl)c2)N=C1NC(=O)CCCNC(=O)CCCCCN. The molecule has 1 aromatic carbocycles. The van der Waals surface area contributed by atoms with E-state index in [2.05, 4.69) is 15.7 Å². The molecule has 1 unspecified atom stereocenters. The molecule has 1 aliphatic heterocycles. The van der Waals surface area contributed by atoms with E-state index in [-0.39, 0.29) is 17.7 Å². The molecular weight excluding hydrogens is 413 g/mol. The Morgan fingerprint density at radius 2 is 1.90 bits per heavy atom. The standard InChI is InChI=1S/C20H29Cl2N5O2/c1-14-13-27(15-8-9-16(21)17(22)12-15)26-20(14)25-19(29)7-5-11-24-18(28)6-3-2-4-10-23/h8-9,12,14H,2-7,10-11,13,23H2,1H3,(H,24,28)(H,25,26,29). The van der Waals surface area contributed by atoms with Crippen molar-refractivity contribution < 1.29 is 9.59 Å². The van der Waals surface area contributed by atoms with Gasteiger partial charge in [0.2, 0.25) is 11.8 Å². The maximum Gasteiger partial charge on any atom is 0.225 e. The van der Waals surface area contributed by atoms with Crippen LogP contribution in [0.25, 0.3) is 0 Å². The molecule has 29 heavy (non-hydrogen) atoms. The lowest BCUT2D eigenvalue weighted by molar-refractivity contribution is -0.122. The predicted octanol–water partition coefficient (Wildman–Crippen LogP) is 3.29. The molecule has 0 spiro atoms. The minimum absolute atomic E-state index is 0.0217. The van der Waals surface area contributed by atoms with E-state index in [9.17, 15) is 9.59 Å². The van der Waals surface area contributed by atoms with Crippen LogP contribution in [-0.2, 0) is 9.59 Å². The number of nitrogens with one attached hydrogen (secondary N) is 2. The van der Waals surface area contributed by atoms with Crippen LogP contribution in [0.3, 0.4) is 0 Å². The Morgan fingerprint density at radius 1 is 1.14 bits per heavy atom. The summed E-state index contributed by atoms with van der Waals surface area (Å²) in [6, 6.07) is 5.32. The number of amides is 2. The van der Waals surface area contributed by atoms with Crippen molar-refractivity contribution in [1.82, 2.24) is 10.6 Å². The second-order valence-electron chi connectivity index (χ2n) is 7.17. The van der Waals surface area contributed by atoms with Gasteiger partial charge in [-0.3, -0.25) is 14.6 Å². The molecule has 0 radical (unpaired) electrons. The molecule has 4 N–H and O–H groups in total. The highest BCUT2D eigenvalue weighted by molar-refractivity contribution is 6.42. The fraction of sp³-hybridized carbons (Fsp3) is 0.550. The van der Waals surface area contributed by atoms with Gasteiger partial charge in [-0.15, -0.1) is 0 Å². The molecule has 0 bridgehead atoms. The number of hydrogen-bond acceptors (Lipinski definition) is 5. The van der Waals surface area contributed by atoms with E-state index in [1.807, 2.05) is 13.0 Å². The maximum absolute atomic E-state index is 12.2. The van der Waals surface area contributed by atoms with Gasteiger partial charge in [0.05, 0.1) is 22.3 Å². The minimum Gasteiger partial charge on any atom is -0.356 e. The quantitative estimate of drug-likeness (QED) is 0.484. The lowest BCUT2D eigenvalue weighted by Gasteiger charge is -2.14. The summed E-state index contributed by atoms with van der Waals surface area (Å²) < 4.78 is 0. The van der Waals surface area contributed by atoms with Gasteiger partial charge in [0.15, 0.2) is 0 Å². The van der Waals surface area contributed by atoms with Gasteiger partial charge in [0.25, 0.3) is 0 Å². The highest BCUT2D eigenvalue weighted by Crippen LogP contribution is 2.29. The molecule has 1 aromatic rings. The average molecular weight is 442 g/mol. The van der Waals surface area contributed by atoms with E-state index < -0.39 is 0 Å². The molecule has 0 aromatic heterocycles. The number of amidine groups is 1. The zero-order chi connectivity index (χ0) is 21.2. The molecule has 9 heteroatoms. The number of hydrazone groups is 1. The summed E-state index contributed by atoms with van der Waals surface area (Å²) in [7, 11) is 0. The molecule has 2 amide bonds. The van der Waals surface area contributed by atoms with E-state index in [0.717, 1.165) is 24.9 Å². The van der Waals surface area contributed by atoms with Gasteiger partial charge in [-0.2, -0.15) is 5.10 Å². The summed E-state index contributed by atoms with van der Waals surface area (Å²) in [4.78, 5) is 23.9. The van der Waals surface area contributed by atoms with E-state index >= 15 is 0 Å². The first-order valence-electron chi connectivity index (χ1n) is 9.98. The average Bonchev–Trinajstić information content (AvgIpc) is 3.05. The highest BCUT2D eigenvalue weighted by Gasteiger charge is 2.25. The number of anilines is 1. The summed E-state index contributed by atoms with van der Waals surface area (Å²) in [6.45, 7) is 3.79. The molecule has 0 aliphatic carbocycles. The van der Waals surface area contributed by atoms with Crippen LogP contribution in [0, 0.1) is 5.92 Å². The Balaban J connectivity index is 1.71. The van der Waals surface area contributed by atoms with E-state index in [4.69, 9.17) is 28.9 Å². The molecule has 0 saturated heterocycles. The summed E-state index contributed by atoms with van der Waals surface area (Å²) in [5.41, 5.74) is 6.25. The van der Waals surface area contributed by atoms with E-state index in [0.29, 0.717) is 54.8 Å². The van der Waals surface area contributed by atoms with Crippen molar-refractivity contribution in [2.24, 2.45) is 16.8 Å². The van der Waals surface area contributed by atoms with Gasteiger partial charge in [-0.05, 0) is 44.0 Å². The smallest absolute Gasteiger partial charge is 0.225 e. The number of carbonyl (C=O) groups is 2. The molecule has 0 fully saturated rings. The first-order valence-corrected chi connectivity index (χ1v) is 10.7. The topological polar surface area (TPSA) is 99.8 Å². The van der Waals surface area contributed by atoms with Crippen molar-refractivity contribution in [2.45, 2.75) is 45.4 Å². The largest absolute Gasteiger partial charge is 0.356 e. The van der Waals surface area contributed by atoms with Crippen molar-refractivity contribution in [1.29, 1.82) is 0 Å². The highest BCUT2D eigenvalue weighted by atomic mass is 35.5. The molecule has 1 atom stereocenters. The van der Waals surface area contributed by atoms with Crippen molar-refractivity contribution in [3.8, 4) is 0 Å². The number of rotatable bonds is 10. The third-order valence-electron chi connectivity index (χ3n) is 4.62. The third kappa shape index (κ3) is 7.84. The fourth-order valence-corrected chi connectivity index (χ4v) is 3.24. The molecule has 7 nitrogen and oxygen atoms in total.